The number of benzene rings is 3. The van der Waals surface area contributed by atoms with E-state index in [1.807, 2.05) is 0 Å². The van der Waals surface area contributed by atoms with Gasteiger partial charge in [0.25, 0.3) is 0 Å². The first-order valence-corrected chi connectivity index (χ1v) is 10.1. The quantitative estimate of drug-likeness (QED) is 0.517. The molecule has 4 nitrogen and oxygen atoms in total. The molecule has 1 saturated heterocycles. The van der Waals surface area contributed by atoms with Crippen molar-refractivity contribution in [3.8, 4) is 5.75 Å². The molecule has 3 aromatic carbocycles. The fraction of sp³-hybridized carbons (Fsp3) is 0.200. The topological polar surface area (TPSA) is 53.4 Å². The highest BCUT2D eigenvalue weighted by Crippen LogP contribution is 2.40. The number of carbonyl (C=O) groups is 1. The molecule has 31 heavy (non-hydrogen) atoms. The Kier molecular flexibility index (Phi) is 6.07. The molecule has 4 rings (SSSR count). The highest BCUT2D eigenvalue weighted by Gasteiger charge is 2.37. The largest absolute Gasteiger partial charge is 0.483 e. The van der Waals surface area contributed by atoms with E-state index in [9.17, 15) is 13.6 Å². The number of hydrogen-bond acceptors (Lipinski definition) is 3. The highest BCUT2D eigenvalue weighted by molar-refractivity contribution is 5.79. The second-order valence-corrected chi connectivity index (χ2v) is 7.49. The third-order valence-corrected chi connectivity index (χ3v) is 5.45. The number of ether oxygens (including phenoxy) is 1. The molecule has 0 saturated carbocycles. The van der Waals surface area contributed by atoms with E-state index >= 15 is 0 Å². The molecule has 0 unspecified atom stereocenters. The van der Waals surface area contributed by atoms with Gasteiger partial charge in [-0.05, 0) is 71.6 Å². The Balaban J connectivity index is 1.79. The van der Waals surface area contributed by atoms with Crippen LogP contribution in [0.1, 0.15) is 41.7 Å². The van der Waals surface area contributed by atoms with Gasteiger partial charge in [0.05, 0.1) is 6.04 Å². The maximum absolute atomic E-state index is 13.6. The number of halogens is 2. The lowest BCUT2D eigenvalue weighted by atomic mass is 9.94. The Bertz CT molecular complexity index is 1050. The van der Waals surface area contributed by atoms with E-state index in [0.717, 1.165) is 17.5 Å². The van der Waals surface area contributed by atoms with Gasteiger partial charge >= 0.3 is 0 Å². The van der Waals surface area contributed by atoms with Crippen LogP contribution in [-0.4, -0.2) is 23.6 Å². The number of likely N-dealkylation sites (tertiary alicyclic amines) is 1. The Hall–Kier alpha value is -3.54. The standard InChI is InChI=1S/C25H22F2N2O2/c26-20-9-5-18(6-10-20)24(29-15-1-2-23(29)30)25(19-7-11-21(27)12-8-19)31-22-13-3-17(16-28)4-14-22/h3-14,16,24-25,28H,1-2,15H2/t24-,25+/m1/s1. The average molecular weight is 420 g/mol. The highest BCUT2D eigenvalue weighted by atomic mass is 19.1. The van der Waals surface area contributed by atoms with Crippen LogP contribution in [0.25, 0.3) is 0 Å². The van der Waals surface area contributed by atoms with E-state index in [1.165, 1.54) is 30.5 Å². The van der Waals surface area contributed by atoms with E-state index < -0.39 is 12.1 Å². The Morgan fingerprint density at radius 1 is 0.871 bits per heavy atom. The minimum Gasteiger partial charge on any atom is -0.483 e. The van der Waals surface area contributed by atoms with Gasteiger partial charge in [-0.3, -0.25) is 4.79 Å². The first-order valence-electron chi connectivity index (χ1n) is 10.1. The van der Waals surface area contributed by atoms with Crippen molar-refractivity contribution < 1.29 is 18.3 Å². The van der Waals surface area contributed by atoms with E-state index in [2.05, 4.69) is 0 Å². The van der Waals surface area contributed by atoms with Gasteiger partial charge < -0.3 is 15.0 Å². The summed E-state index contributed by atoms with van der Waals surface area (Å²) in [6.45, 7) is 0.564. The van der Waals surface area contributed by atoms with Crippen molar-refractivity contribution in [2.75, 3.05) is 6.54 Å². The van der Waals surface area contributed by atoms with Gasteiger partial charge in [0.2, 0.25) is 5.91 Å². The van der Waals surface area contributed by atoms with Gasteiger partial charge in [-0.25, -0.2) is 8.78 Å². The van der Waals surface area contributed by atoms with E-state index in [-0.39, 0.29) is 17.5 Å². The zero-order valence-electron chi connectivity index (χ0n) is 16.8. The number of hydrogen-bond donors (Lipinski definition) is 1. The maximum atomic E-state index is 13.6. The monoisotopic (exact) mass is 420 g/mol. The summed E-state index contributed by atoms with van der Waals surface area (Å²) in [6, 6.07) is 18.6. The molecule has 0 bridgehead atoms. The first kappa shape index (κ1) is 20.7. The summed E-state index contributed by atoms with van der Waals surface area (Å²) in [5.41, 5.74) is 2.17. The molecular weight excluding hydrogens is 398 g/mol. The maximum Gasteiger partial charge on any atom is 0.223 e. The Morgan fingerprint density at radius 2 is 1.45 bits per heavy atom. The minimum atomic E-state index is -0.640. The van der Waals surface area contributed by atoms with Crippen molar-refractivity contribution in [2.24, 2.45) is 0 Å². The average Bonchev–Trinajstić information content (AvgIpc) is 3.21. The molecule has 1 aliphatic heterocycles. The zero-order valence-corrected chi connectivity index (χ0v) is 16.8. The molecule has 0 aromatic heterocycles. The van der Waals surface area contributed by atoms with Crippen LogP contribution in [-0.2, 0) is 4.79 Å². The van der Waals surface area contributed by atoms with Gasteiger partial charge in [-0.1, -0.05) is 24.3 Å². The molecule has 6 heteroatoms. The third-order valence-electron chi connectivity index (χ3n) is 5.45. The first-order chi connectivity index (χ1) is 15.0. The molecule has 1 heterocycles. The zero-order chi connectivity index (χ0) is 21.8. The Morgan fingerprint density at radius 3 is 1.97 bits per heavy atom. The number of amides is 1. The van der Waals surface area contributed by atoms with Crippen molar-refractivity contribution in [2.45, 2.75) is 25.0 Å². The smallest absolute Gasteiger partial charge is 0.223 e. The van der Waals surface area contributed by atoms with Gasteiger partial charge in [-0.15, -0.1) is 0 Å². The molecular formula is C25H22F2N2O2. The summed E-state index contributed by atoms with van der Waals surface area (Å²) in [4.78, 5) is 14.5. The van der Waals surface area contributed by atoms with Crippen LogP contribution in [0.15, 0.2) is 72.8 Å². The minimum absolute atomic E-state index is 0.00388. The molecule has 0 aliphatic carbocycles. The van der Waals surface area contributed by atoms with Crippen LogP contribution in [0.4, 0.5) is 8.78 Å². The van der Waals surface area contributed by atoms with Crippen LogP contribution < -0.4 is 4.74 Å². The summed E-state index contributed by atoms with van der Waals surface area (Å²) >= 11 is 0. The van der Waals surface area contributed by atoms with E-state index in [0.29, 0.717) is 24.3 Å². The summed E-state index contributed by atoms with van der Waals surface area (Å²) < 4.78 is 33.6. The van der Waals surface area contributed by atoms with Crippen LogP contribution in [0.5, 0.6) is 5.75 Å². The van der Waals surface area contributed by atoms with Crippen molar-refractivity contribution in [1.82, 2.24) is 4.90 Å². The normalized spacial score (nSPS) is 15.5. The molecule has 3 aromatic rings. The molecule has 0 spiro atoms. The molecule has 1 N–H and O–H groups in total. The molecule has 1 fully saturated rings. The van der Waals surface area contributed by atoms with Gasteiger partial charge in [0, 0.05) is 19.2 Å². The van der Waals surface area contributed by atoms with E-state index in [4.69, 9.17) is 10.1 Å². The van der Waals surface area contributed by atoms with Crippen molar-refractivity contribution >= 4 is 12.1 Å². The molecule has 2 atom stereocenters. The molecule has 0 radical (unpaired) electrons. The van der Waals surface area contributed by atoms with Crippen molar-refractivity contribution in [1.29, 1.82) is 5.41 Å². The lowest BCUT2D eigenvalue weighted by molar-refractivity contribution is -0.131. The van der Waals surface area contributed by atoms with Crippen molar-refractivity contribution in [3.63, 3.8) is 0 Å². The predicted octanol–water partition coefficient (Wildman–Crippen LogP) is 5.45. The number of nitrogens with one attached hydrogen (secondary N) is 1. The van der Waals surface area contributed by atoms with E-state index in [1.54, 1.807) is 53.4 Å². The van der Waals surface area contributed by atoms with Gasteiger partial charge in [0.15, 0.2) is 0 Å². The van der Waals surface area contributed by atoms with Gasteiger partial charge in [-0.2, -0.15) is 0 Å². The summed E-state index contributed by atoms with van der Waals surface area (Å²) in [5.74, 6) is -0.173. The summed E-state index contributed by atoms with van der Waals surface area (Å²) in [6.07, 6.45) is 1.78. The van der Waals surface area contributed by atoms with Crippen molar-refractivity contribution in [3.05, 3.63) is 101 Å². The number of rotatable bonds is 7. The SMILES string of the molecule is N=Cc1ccc(O[C@@H](c2ccc(F)cc2)[C@@H](c2ccc(F)cc2)N2CCCC2=O)cc1. The number of nitrogens with zero attached hydrogens (tertiary/aromatic N) is 1. The molecule has 1 aliphatic rings. The Labute approximate surface area is 179 Å². The predicted molar refractivity (Wildman–Crippen MR) is 114 cm³/mol. The fourth-order valence-electron chi connectivity index (χ4n) is 3.90. The van der Waals surface area contributed by atoms with Crippen LogP contribution in [0.3, 0.4) is 0 Å². The third kappa shape index (κ3) is 4.63. The van der Waals surface area contributed by atoms with Crippen LogP contribution >= 0.6 is 0 Å². The summed E-state index contributed by atoms with van der Waals surface area (Å²) in [7, 11) is 0. The second-order valence-electron chi connectivity index (χ2n) is 7.49. The van der Waals surface area contributed by atoms with Gasteiger partial charge in [0.1, 0.15) is 23.5 Å². The molecule has 158 valence electrons. The fourth-order valence-corrected chi connectivity index (χ4v) is 3.90. The lowest BCUT2D eigenvalue weighted by Crippen LogP contribution is -2.36. The van der Waals surface area contributed by atoms with Crippen LogP contribution in [0.2, 0.25) is 0 Å². The molecule has 1 amide bonds. The van der Waals surface area contributed by atoms with Crippen LogP contribution in [0, 0.1) is 17.0 Å². The summed E-state index contributed by atoms with van der Waals surface area (Å²) in [5, 5.41) is 7.37. The second kappa shape index (κ2) is 9.08. The lowest BCUT2D eigenvalue weighted by Gasteiger charge is -2.35. The number of carbonyl (C=O) groups excluding carboxylic acids is 1.